The van der Waals surface area contributed by atoms with Gasteiger partial charge in [-0.2, -0.15) is 0 Å². The molecule has 0 spiro atoms. The minimum Gasteiger partial charge on any atom is -0.340 e. The van der Waals surface area contributed by atoms with Crippen molar-refractivity contribution < 1.29 is 4.79 Å². The van der Waals surface area contributed by atoms with Gasteiger partial charge < -0.3 is 10.2 Å². The van der Waals surface area contributed by atoms with Gasteiger partial charge in [0, 0.05) is 32.1 Å². The van der Waals surface area contributed by atoms with E-state index in [0.29, 0.717) is 17.9 Å². The molecular weight excluding hydrogens is 224 g/mol. The topological polar surface area (TPSA) is 32.3 Å². The highest BCUT2D eigenvalue weighted by atomic mass is 35.5. The molecule has 2 aliphatic rings. The highest BCUT2D eigenvalue weighted by molar-refractivity contribution is 5.85. The Morgan fingerprint density at radius 2 is 2.06 bits per heavy atom. The van der Waals surface area contributed by atoms with Gasteiger partial charge in [-0.15, -0.1) is 12.4 Å². The lowest BCUT2D eigenvalue weighted by Gasteiger charge is -2.32. The molecule has 0 aromatic carbocycles. The SMILES string of the molecule is CC1CN(C(=O)CC2CCCC2)CCN1.Cl. The second kappa shape index (κ2) is 6.45. The maximum atomic E-state index is 12.0. The van der Waals surface area contributed by atoms with Gasteiger partial charge in [-0.3, -0.25) is 4.79 Å². The molecule has 1 saturated heterocycles. The maximum Gasteiger partial charge on any atom is 0.222 e. The van der Waals surface area contributed by atoms with Crippen LogP contribution in [0.1, 0.15) is 39.0 Å². The number of piperazine rings is 1. The quantitative estimate of drug-likeness (QED) is 0.806. The minimum atomic E-state index is 0. The number of nitrogens with zero attached hydrogens (tertiary/aromatic N) is 1. The van der Waals surface area contributed by atoms with Crippen LogP contribution >= 0.6 is 12.4 Å². The van der Waals surface area contributed by atoms with E-state index < -0.39 is 0 Å². The zero-order valence-electron chi connectivity index (χ0n) is 10.1. The minimum absolute atomic E-state index is 0. The fourth-order valence-corrected chi connectivity index (χ4v) is 2.75. The lowest BCUT2D eigenvalue weighted by atomic mass is 10.0. The highest BCUT2D eigenvalue weighted by Crippen LogP contribution is 2.28. The van der Waals surface area contributed by atoms with Gasteiger partial charge in [-0.05, 0) is 25.7 Å². The van der Waals surface area contributed by atoms with Crippen LogP contribution in [-0.2, 0) is 4.79 Å². The molecule has 1 heterocycles. The van der Waals surface area contributed by atoms with Crippen LogP contribution in [0.15, 0.2) is 0 Å². The summed E-state index contributed by atoms with van der Waals surface area (Å²) in [5, 5.41) is 3.37. The predicted molar refractivity (Wildman–Crippen MR) is 67.9 cm³/mol. The van der Waals surface area contributed by atoms with Gasteiger partial charge in [-0.1, -0.05) is 12.8 Å². The number of hydrogen-bond donors (Lipinski definition) is 1. The second-order valence-electron chi connectivity index (χ2n) is 5.05. The Balaban J connectivity index is 0.00000128. The van der Waals surface area contributed by atoms with E-state index in [0.717, 1.165) is 26.1 Å². The third kappa shape index (κ3) is 3.63. The molecule has 0 aromatic heterocycles. The molecule has 0 aromatic rings. The van der Waals surface area contributed by atoms with Gasteiger partial charge in [0.1, 0.15) is 0 Å². The van der Waals surface area contributed by atoms with Crippen LogP contribution in [0.5, 0.6) is 0 Å². The van der Waals surface area contributed by atoms with Crippen molar-refractivity contribution in [2.24, 2.45) is 5.92 Å². The molecule has 0 bridgehead atoms. The van der Waals surface area contributed by atoms with Crippen LogP contribution in [0.4, 0.5) is 0 Å². The largest absolute Gasteiger partial charge is 0.340 e. The molecule has 2 fully saturated rings. The molecule has 4 heteroatoms. The van der Waals surface area contributed by atoms with Crippen molar-refractivity contribution in [1.29, 1.82) is 0 Å². The first-order valence-electron chi connectivity index (χ1n) is 6.27. The number of halogens is 1. The van der Waals surface area contributed by atoms with Crippen molar-refractivity contribution in [3.05, 3.63) is 0 Å². The summed E-state index contributed by atoms with van der Waals surface area (Å²) in [4.78, 5) is 14.0. The summed E-state index contributed by atoms with van der Waals surface area (Å²) < 4.78 is 0. The number of rotatable bonds is 2. The molecule has 2 rings (SSSR count). The summed E-state index contributed by atoms with van der Waals surface area (Å²) >= 11 is 0. The molecule has 1 aliphatic heterocycles. The zero-order chi connectivity index (χ0) is 10.7. The molecule has 1 N–H and O–H groups in total. The van der Waals surface area contributed by atoms with E-state index in [9.17, 15) is 4.79 Å². The van der Waals surface area contributed by atoms with Gasteiger partial charge in [0.2, 0.25) is 5.91 Å². The Labute approximate surface area is 104 Å². The van der Waals surface area contributed by atoms with E-state index >= 15 is 0 Å². The van der Waals surface area contributed by atoms with Crippen LogP contribution < -0.4 is 5.32 Å². The first kappa shape index (κ1) is 13.8. The number of carbonyl (C=O) groups is 1. The number of nitrogens with one attached hydrogen (secondary N) is 1. The van der Waals surface area contributed by atoms with Gasteiger partial charge in [-0.25, -0.2) is 0 Å². The van der Waals surface area contributed by atoms with E-state index in [1.165, 1.54) is 25.7 Å². The van der Waals surface area contributed by atoms with Crippen molar-refractivity contribution in [3.63, 3.8) is 0 Å². The molecule has 16 heavy (non-hydrogen) atoms. The first-order valence-corrected chi connectivity index (χ1v) is 6.27. The summed E-state index contributed by atoms with van der Waals surface area (Å²) in [5.41, 5.74) is 0. The van der Waals surface area contributed by atoms with E-state index in [1.54, 1.807) is 0 Å². The van der Waals surface area contributed by atoms with Crippen molar-refractivity contribution >= 4 is 18.3 Å². The number of carbonyl (C=O) groups excluding carboxylic acids is 1. The zero-order valence-corrected chi connectivity index (χ0v) is 10.9. The number of hydrogen-bond acceptors (Lipinski definition) is 2. The summed E-state index contributed by atoms with van der Waals surface area (Å²) in [7, 11) is 0. The lowest BCUT2D eigenvalue weighted by Crippen LogP contribution is -2.51. The molecule has 1 atom stereocenters. The second-order valence-corrected chi connectivity index (χ2v) is 5.05. The molecule has 3 nitrogen and oxygen atoms in total. The fraction of sp³-hybridized carbons (Fsp3) is 0.917. The van der Waals surface area contributed by atoms with Gasteiger partial charge in [0.05, 0.1) is 0 Å². The van der Waals surface area contributed by atoms with Gasteiger partial charge in [0.15, 0.2) is 0 Å². The average molecular weight is 247 g/mol. The molecule has 94 valence electrons. The Morgan fingerprint density at radius 1 is 1.38 bits per heavy atom. The van der Waals surface area contributed by atoms with Gasteiger partial charge in [0.25, 0.3) is 0 Å². The predicted octanol–water partition coefficient (Wildman–Crippen LogP) is 1.81. The standard InChI is InChI=1S/C12H22N2O.ClH/c1-10-9-14(7-6-13-10)12(15)8-11-4-2-3-5-11;/h10-11,13H,2-9H2,1H3;1H. The van der Waals surface area contributed by atoms with Crippen molar-refractivity contribution in [2.75, 3.05) is 19.6 Å². The molecule has 1 unspecified atom stereocenters. The molecule has 1 amide bonds. The Bertz CT molecular complexity index is 229. The maximum absolute atomic E-state index is 12.0. The van der Waals surface area contributed by atoms with Crippen molar-refractivity contribution in [3.8, 4) is 0 Å². The third-order valence-corrected chi connectivity index (χ3v) is 3.66. The summed E-state index contributed by atoms with van der Waals surface area (Å²) in [6.45, 7) is 4.90. The van der Waals surface area contributed by atoms with Crippen LogP contribution in [-0.4, -0.2) is 36.5 Å². The Hall–Kier alpha value is -0.280. The average Bonchev–Trinajstić information content (AvgIpc) is 2.70. The van der Waals surface area contributed by atoms with Crippen LogP contribution in [0.2, 0.25) is 0 Å². The Morgan fingerprint density at radius 3 is 2.69 bits per heavy atom. The monoisotopic (exact) mass is 246 g/mol. The van der Waals surface area contributed by atoms with E-state index in [2.05, 4.69) is 12.2 Å². The Kier molecular flexibility index (Phi) is 5.56. The molecule has 1 aliphatic carbocycles. The highest BCUT2D eigenvalue weighted by Gasteiger charge is 2.24. The van der Waals surface area contributed by atoms with Crippen molar-refractivity contribution in [2.45, 2.75) is 45.1 Å². The third-order valence-electron chi connectivity index (χ3n) is 3.66. The van der Waals surface area contributed by atoms with Crippen LogP contribution in [0, 0.1) is 5.92 Å². The summed E-state index contributed by atoms with van der Waals surface area (Å²) in [5.74, 6) is 1.07. The van der Waals surface area contributed by atoms with E-state index in [4.69, 9.17) is 0 Å². The van der Waals surface area contributed by atoms with Gasteiger partial charge >= 0.3 is 0 Å². The molecule has 0 radical (unpaired) electrons. The lowest BCUT2D eigenvalue weighted by molar-refractivity contribution is -0.133. The normalized spacial score (nSPS) is 26.6. The first-order chi connectivity index (χ1) is 7.25. The summed E-state index contributed by atoms with van der Waals surface area (Å²) in [6.07, 6.45) is 6.00. The van der Waals surface area contributed by atoms with Crippen LogP contribution in [0.25, 0.3) is 0 Å². The van der Waals surface area contributed by atoms with E-state index in [1.807, 2.05) is 4.90 Å². The summed E-state index contributed by atoms with van der Waals surface area (Å²) in [6, 6.07) is 0.464. The molecular formula is C12H23ClN2O. The molecule has 1 saturated carbocycles. The fourth-order valence-electron chi connectivity index (χ4n) is 2.75. The van der Waals surface area contributed by atoms with E-state index in [-0.39, 0.29) is 12.4 Å². The smallest absolute Gasteiger partial charge is 0.222 e. The van der Waals surface area contributed by atoms with Crippen LogP contribution in [0.3, 0.4) is 0 Å². The van der Waals surface area contributed by atoms with Crippen molar-refractivity contribution in [1.82, 2.24) is 10.2 Å². The number of amides is 1.